The highest BCUT2D eigenvalue weighted by atomic mass is 16.3. The summed E-state index contributed by atoms with van der Waals surface area (Å²) in [5.74, 6) is 0. The molecule has 0 saturated heterocycles. The first kappa shape index (κ1) is 11.1. The third kappa shape index (κ3) is 2.30. The number of rotatable bonds is 3. The maximum Gasteiger partial charge on any atom is 0.109 e. The van der Waals surface area contributed by atoms with Gasteiger partial charge in [0.15, 0.2) is 0 Å². The number of nitrogens with zero attached hydrogens (tertiary/aromatic N) is 1. The molecule has 0 amide bonds. The lowest BCUT2D eigenvalue weighted by atomic mass is 9.91. The molecule has 0 radical (unpaired) electrons. The molecule has 0 aliphatic carbocycles. The minimum atomic E-state index is -1.09. The van der Waals surface area contributed by atoms with Crippen molar-refractivity contribution in [1.29, 1.82) is 0 Å². The second kappa shape index (κ2) is 4.07. The van der Waals surface area contributed by atoms with Crippen LogP contribution in [0.15, 0.2) is 18.5 Å². The first-order chi connectivity index (χ1) is 6.47. The van der Waals surface area contributed by atoms with E-state index in [1.807, 2.05) is 19.9 Å². The highest BCUT2D eigenvalue weighted by Crippen LogP contribution is 2.27. The summed E-state index contributed by atoms with van der Waals surface area (Å²) in [7, 11) is 0. The second-order valence-electron chi connectivity index (χ2n) is 3.91. The summed E-state index contributed by atoms with van der Waals surface area (Å²) in [4.78, 5) is 3.98. The zero-order chi connectivity index (χ0) is 10.8. The third-order valence-corrected chi connectivity index (χ3v) is 2.52. The summed E-state index contributed by atoms with van der Waals surface area (Å²) in [6.07, 6.45) is 2.93. The van der Waals surface area contributed by atoms with Crippen molar-refractivity contribution >= 4 is 0 Å². The molecule has 0 aromatic carbocycles. The van der Waals surface area contributed by atoms with Crippen LogP contribution >= 0.6 is 0 Å². The van der Waals surface area contributed by atoms with Crippen LogP contribution in [0.4, 0.5) is 0 Å². The van der Waals surface area contributed by atoms with E-state index >= 15 is 0 Å². The molecule has 0 saturated carbocycles. The average molecular weight is 195 g/mol. The molecule has 3 heteroatoms. The molecule has 0 aliphatic heterocycles. The number of aryl methyl sites for hydroxylation is 1. The van der Waals surface area contributed by atoms with Gasteiger partial charge in [0, 0.05) is 18.0 Å². The highest BCUT2D eigenvalue weighted by Gasteiger charge is 2.29. The fourth-order valence-corrected chi connectivity index (χ4v) is 1.28. The topological polar surface area (TPSA) is 53.4 Å². The Kier molecular flexibility index (Phi) is 3.24. The molecule has 0 bridgehead atoms. The van der Waals surface area contributed by atoms with Crippen LogP contribution in [0.25, 0.3) is 0 Å². The zero-order valence-corrected chi connectivity index (χ0v) is 8.86. The van der Waals surface area contributed by atoms with E-state index in [1.165, 1.54) is 0 Å². The fraction of sp³-hybridized carbons (Fsp3) is 0.545. The molecule has 1 aromatic heterocycles. The molecule has 0 aliphatic rings. The predicted molar refractivity (Wildman–Crippen MR) is 54.8 cm³/mol. The van der Waals surface area contributed by atoms with Crippen molar-refractivity contribution < 1.29 is 10.2 Å². The maximum atomic E-state index is 9.88. The van der Waals surface area contributed by atoms with Gasteiger partial charge in [-0.05, 0) is 25.8 Å². The van der Waals surface area contributed by atoms with Crippen molar-refractivity contribution in [1.82, 2.24) is 4.98 Å². The van der Waals surface area contributed by atoms with Crippen molar-refractivity contribution in [2.75, 3.05) is 0 Å². The molecule has 3 nitrogen and oxygen atoms in total. The summed E-state index contributed by atoms with van der Waals surface area (Å²) in [6.45, 7) is 5.37. The Morgan fingerprint density at radius 3 is 2.64 bits per heavy atom. The van der Waals surface area contributed by atoms with Crippen molar-refractivity contribution in [3.8, 4) is 0 Å². The van der Waals surface area contributed by atoms with Gasteiger partial charge in [0.1, 0.15) is 6.10 Å². The Morgan fingerprint density at radius 1 is 1.50 bits per heavy atom. The van der Waals surface area contributed by atoms with Gasteiger partial charge in [-0.25, -0.2) is 0 Å². The summed E-state index contributed by atoms with van der Waals surface area (Å²) in [6, 6.07) is 1.84. The van der Waals surface area contributed by atoms with E-state index < -0.39 is 11.7 Å². The molecule has 2 unspecified atom stereocenters. The van der Waals surface area contributed by atoms with Crippen LogP contribution in [-0.4, -0.2) is 20.8 Å². The van der Waals surface area contributed by atoms with Crippen LogP contribution in [0.2, 0.25) is 0 Å². The van der Waals surface area contributed by atoms with E-state index in [1.54, 1.807) is 19.3 Å². The number of pyridine rings is 1. The molecule has 0 fully saturated rings. The van der Waals surface area contributed by atoms with Crippen LogP contribution < -0.4 is 0 Å². The highest BCUT2D eigenvalue weighted by molar-refractivity contribution is 5.20. The van der Waals surface area contributed by atoms with Crippen molar-refractivity contribution in [3.05, 3.63) is 29.6 Å². The van der Waals surface area contributed by atoms with Gasteiger partial charge < -0.3 is 10.2 Å². The first-order valence-electron chi connectivity index (χ1n) is 4.79. The third-order valence-electron chi connectivity index (χ3n) is 2.52. The van der Waals surface area contributed by atoms with Gasteiger partial charge in [-0.1, -0.05) is 13.0 Å². The lowest BCUT2D eigenvalue weighted by Gasteiger charge is -2.27. The summed E-state index contributed by atoms with van der Waals surface area (Å²) in [5, 5.41) is 19.7. The lowest BCUT2D eigenvalue weighted by Crippen LogP contribution is -2.31. The standard InChI is InChI=1S/C11H17NO2/c1-4-11(3,14)10(13)9-5-8(2)6-12-7-9/h5-7,10,13-14H,4H2,1-3H3. The van der Waals surface area contributed by atoms with Crippen LogP contribution in [0.5, 0.6) is 0 Å². The van der Waals surface area contributed by atoms with Crippen molar-refractivity contribution in [3.63, 3.8) is 0 Å². The average Bonchev–Trinajstić information content (AvgIpc) is 2.16. The van der Waals surface area contributed by atoms with E-state index in [2.05, 4.69) is 4.98 Å². The van der Waals surface area contributed by atoms with Gasteiger partial charge in [-0.15, -0.1) is 0 Å². The zero-order valence-electron chi connectivity index (χ0n) is 8.86. The number of aliphatic hydroxyl groups excluding tert-OH is 1. The minimum absolute atomic E-state index is 0.502. The number of aliphatic hydroxyl groups is 2. The lowest BCUT2D eigenvalue weighted by molar-refractivity contribution is -0.0660. The van der Waals surface area contributed by atoms with Crippen LogP contribution in [-0.2, 0) is 0 Å². The van der Waals surface area contributed by atoms with Gasteiger partial charge in [-0.3, -0.25) is 4.98 Å². The molecule has 1 aromatic rings. The van der Waals surface area contributed by atoms with Crippen LogP contribution in [0, 0.1) is 6.92 Å². The second-order valence-corrected chi connectivity index (χ2v) is 3.91. The molecule has 2 N–H and O–H groups in total. The van der Waals surface area contributed by atoms with Crippen molar-refractivity contribution in [2.45, 2.75) is 38.9 Å². The Bertz CT molecular complexity index is 310. The minimum Gasteiger partial charge on any atom is -0.387 e. The largest absolute Gasteiger partial charge is 0.387 e. The Balaban J connectivity index is 2.94. The smallest absolute Gasteiger partial charge is 0.109 e. The van der Waals surface area contributed by atoms with Gasteiger partial charge >= 0.3 is 0 Å². The predicted octanol–water partition coefficient (Wildman–Crippen LogP) is 1.58. The maximum absolute atomic E-state index is 9.88. The molecule has 1 rings (SSSR count). The van der Waals surface area contributed by atoms with E-state index in [9.17, 15) is 10.2 Å². The normalized spacial score (nSPS) is 17.5. The fourth-order valence-electron chi connectivity index (χ4n) is 1.28. The van der Waals surface area contributed by atoms with Gasteiger partial charge in [0.2, 0.25) is 0 Å². The van der Waals surface area contributed by atoms with E-state index in [4.69, 9.17) is 0 Å². The molecule has 14 heavy (non-hydrogen) atoms. The van der Waals surface area contributed by atoms with Gasteiger partial charge in [0.25, 0.3) is 0 Å². The molecule has 1 heterocycles. The SMILES string of the molecule is CCC(C)(O)C(O)c1cncc(C)c1. The van der Waals surface area contributed by atoms with E-state index in [0.717, 1.165) is 5.56 Å². The Labute approximate surface area is 84.4 Å². The van der Waals surface area contributed by atoms with E-state index in [0.29, 0.717) is 12.0 Å². The van der Waals surface area contributed by atoms with Crippen LogP contribution in [0.3, 0.4) is 0 Å². The first-order valence-corrected chi connectivity index (χ1v) is 4.79. The summed E-state index contributed by atoms with van der Waals surface area (Å²) < 4.78 is 0. The summed E-state index contributed by atoms with van der Waals surface area (Å²) >= 11 is 0. The molecule has 2 atom stereocenters. The number of hydrogen-bond donors (Lipinski definition) is 2. The molecular formula is C11H17NO2. The monoisotopic (exact) mass is 195 g/mol. The van der Waals surface area contributed by atoms with Crippen LogP contribution in [0.1, 0.15) is 37.5 Å². The van der Waals surface area contributed by atoms with Gasteiger partial charge in [-0.2, -0.15) is 0 Å². The molecule has 0 spiro atoms. The Morgan fingerprint density at radius 2 is 2.14 bits per heavy atom. The molecule has 78 valence electrons. The van der Waals surface area contributed by atoms with Gasteiger partial charge in [0.05, 0.1) is 5.60 Å². The van der Waals surface area contributed by atoms with Crippen molar-refractivity contribution in [2.24, 2.45) is 0 Å². The number of hydrogen-bond acceptors (Lipinski definition) is 3. The summed E-state index contributed by atoms with van der Waals surface area (Å²) in [5.41, 5.74) is 0.556. The quantitative estimate of drug-likeness (QED) is 0.770. The van der Waals surface area contributed by atoms with E-state index in [-0.39, 0.29) is 0 Å². The number of aromatic nitrogens is 1. The Hall–Kier alpha value is -0.930. The molecular weight excluding hydrogens is 178 g/mol.